The van der Waals surface area contributed by atoms with E-state index in [1.165, 1.54) is 7.11 Å². The van der Waals surface area contributed by atoms with Crippen LogP contribution in [0.4, 0.5) is 0 Å². The van der Waals surface area contributed by atoms with Gasteiger partial charge in [-0.05, 0) is 65.4 Å². The van der Waals surface area contributed by atoms with Crippen LogP contribution in [0.2, 0.25) is 5.02 Å². The average Bonchev–Trinajstić information content (AvgIpc) is 2.79. The lowest BCUT2D eigenvalue weighted by Gasteiger charge is -2.19. The number of unbranched alkanes of at least 4 members (excludes halogenated alkanes) is 1. The van der Waals surface area contributed by atoms with Gasteiger partial charge in [0.05, 0.1) is 25.4 Å². The Hall–Kier alpha value is -2.62. The summed E-state index contributed by atoms with van der Waals surface area (Å²) in [7, 11) is 1.41. The Morgan fingerprint density at radius 3 is 2.52 bits per heavy atom. The molecule has 0 N–H and O–H groups in total. The summed E-state index contributed by atoms with van der Waals surface area (Å²) < 4.78 is 11.4. The molecule has 3 aromatic rings. The largest absolute Gasteiger partial charge is 0.465 e. The molecule has 0 fully saturated rings. The minimum Gasteiger partial charge on any atom is -0.465 e. The summed E-state index contributed by atoms with van der Waals surface area (Å²) in [6.45, 7) is 4.66. The number of carbonyl (C=O) groups is 1. The fourth-order valence-electron chi connectivity index (χ4n) is 3.71. The number of benzene rings is 3. The Morgan fingerprint density at radius 1 is 1.00 bits per heavy atom. The highest BCUT2D eigenvalue weighted by atomic mass is 35.5. The SMILES string of the molecule is CCCCC(OCc1ccc(C(=O)OC)c(-c2ccccc2C)c1)c1cccc(Cl)c1. The van der Waals surface area contributed by atoms with Gasteiger partial charge in [-0.15, -0.1) is 0 Å². The molecular weight excluding hydrogens is 408 g/mol. The van der Waals surface area contributed by atoms with Gasteiger partial charge in [0.1, 0.15) is 0 Å². The van der Waals surface area contributed by atoms with Crippen LogP contribution in [0.1, 0.15) is 59.3 Å². The molecule has 0 saturated heterocycles. The molecule has 0 aliphatic heterocycles. The van der Waals surface area contributed by atoms with Crippen LogP contribution in [0.3, 0.4) is 0 Å². The quantitative estimate of drug-likeness (QED) is 0.325. The minimum atomic E-state index is -0.342. The Bertz CT molecular complexity index is 1030. The zero-order chi connectivity index (χ0) is 22.2. The maximum Gasteiger partial charge on any atom is 0.338 e. The standard InChI is InChI=1S/C27H29ClO3/c1-4-5-13-26(21-10-8-11-22(28)17-21)31-18-20-14-15-24(27(29)30-3)25(16-20)23-12-7-6-9-19(23)2/h6-12,14-17,26H,4-5,13,18H2,1-3H3. The van der Waals surface area contributed by atoms with Crippen LogP contribution in [0.15, 0.2) is 66.7 Å². The molecule has 1 atom stereocenters. The Kier molecular flexibility index (Phi) is 8.27. The van der Waals surface area contributed by atoms with Gasteiger partial charge < -0.3 is 9.47 Å². The number of methoxy groups -OCH3 is 1. The normalized spacial score (nSPS) is 11.9. The highest BCUT2D eigenvalue weighted by Gasteiger charge is 2.17. The van der Waals surface area contributed by atoms with Crippen molar-refractivity contribution in [3.8, 4) is 11.1 Å². The first-order valence-corrected chi connectivity index (χ1v) is 11.1. The summed E-state index contributed by atoms with van der Waals surface area (Å²) in [5.41, 5.74) is 5.63. The molecule has 0 aliphatic carbocycles. The van der Waals surface area contributed by atoms with E-state index in [4.69, 9.17) is 21.1 Å². The van der Waals surface area contributed by atoms with Crippen molar-refractivity contribution in [1.29, 1.82) is 0 Å². The number of aryl methyl sites for hydroxylation is 1. The second kappa shape index (κ2) is 11.1. The van der Waals surface area contributed by atoms with Gasteiger partial charge in [0.15, 0.2) is 0 Å². The third-order valence-corrected chi connectivity index (χ3v) is 5.65. The van der Waals surface area contributed by atoms with Gasteiger partial charge in [-0.3, -0.25) is 0 Å². The summed E-state index contributed by atoms with van der Waals surface area (Å²) in [5.74, 6) is -0.342. The van der Waals surface area contributed by atoms with Crippen molar-refractivity contribution in [1.82, 2.24) is 0 Å². The molecule has 31 heavy (non-hydrogen) atoms. The summed E-state index contributed by atoms with van der Waals surface area (Å²) in [4.78, 5) is 12.4. The van der Waals surface area contributed by atoms with Crippen LogP contribution >= 0.6 is 11.6 Å². The zero-order valence-electron chi connectivity index (χ0n) is 18.4. The van der Waals surface area contributed by atoms with Crippen molar-refractivity contribution in [2.24, 2.45) is 0 Å². The van der Waals surface area contributed by atoms with Crippen LogP contribution < -0.4 is 0 Å². The highest BCUT2D eigenvalue weighted by molar-refractivity contribution is 6.30. The fourth-order valence-corrected chi connectivity index (χ4v) is 3.91. The maximum absolute atomic E-state index is 12.4. The number of rotatable bonds is 9. The molecule has 0 saturated carbocycles. The van der Waals surface area contributed by atoms with E-state index in [9.17, 15) is 4.79 Å². The van der Waals surface area contributed by atoms with Gasteiger partial charge in [0.25, 0.3) is 0 Å². The first kappa shape index (κ1) is 23.1. The molecular formula is C27H29ClO3. The Morgan fingerprint density at radius 2 is 1.81 bits per heavy atom. The van der Waals surface area contributed by atoms with Crippen LogP contribution in [-0.4, -0.2) is 13.1 Å². The monoisotopic (exact) mass is 436 g/mol. The molecule has 0 amide bonds. The topological polar surface area (TPSA) is 35.5 Å². The zero-order valence-corrected chi connectivity index (χ0v) is 19.1. The third kappa shape index (κ3) is 5.96. The molecule has 0 bridgehead atoms. The smallest absolute Gasteiger partial charge is 0.338 e. The number of halogens is 1. The molecule has 0 aliphatic rings. The van der Waals surface area contributed by atoms with Crippen molar-refractivity contribution in [3.05, 3.63) is 94.0 Å². The molecule has 3 rings (SSSR count). The number of carbonyl (C=O) groups excluding carboxylic acids is 1. The van der Waals surface area contributed by atoms with E-state index in [1.807, 2.05) is 67.6 Å². The van der Waals surface area contributed by atoms with E-state index in [1.54, 1.807) is 0 Å². The maximum atomic E-state index is 12.4. The average molecular weight is 437 g/mol. The van der Waals surface area contributed by atoms with E-state index in [0.717, 1.165) is 47.1 Å². The molecule has 0 spiro atoms. The van der Waals surface area contributed by atoms with Crippen LogP contribution in [0, 0.1) is 6.92 Å². The van der Waals surface area contributed by atoms with Crippen molar-refractivity contribution < 1.29 is 14.3 Å². The number of hydrogen-bond acceptors (Lipinski definition) is 3. The molecule has 1 unspecified atom stereocenters. The number of ether oxygens (including phenoxy) is 2. The number of esters is 1. The predicted molar refractivity (Wildman–Crippen MR) is 126 cm³/mol. The summed E-state index contributed by atoms with van der Waals surface area (Å²) in [5, 5.41) is 0.715. The second-order valence-electron chi connectivity index (χ2n) is 7.68. The molecule has 3 aromatic carbocycles. The van der Waals surface area contributed by atoms with E-state index >= 15 is 0 Å². The van der Waals surface area contributed by atoms with Crippen molar-refractivity contribution in [3.63, 3.8) is 0 Å². The lowest BCUT2D eigenvalue weighted by atomic mass is 9.94. The second-order valence-corrected chi connectivity index (χ2v) is 8.12. The summed E-state index contributed by atoms with van der Waals surface area (Å²) >= 11 is 6.21. The van der Waals surface area contributed by atoms with Gasteiger partial charge in [-0.2, -0.15) is 0 Å². The van der Waals surface area contributed by atoms with E-state index in [-0.39, 0.29) is 12.1 Å². The van der Waals surface area contributed by atoms with Gasteiger partial charge in [-0.25, -0.2) is 4.79 Å². The van der Waals surface area contributed by atoms with Crippen molar-refractivity contribution in [2.45, 2.75) is 45.8 Å². The van der Waals surface area contributed by atoms with Crippen LogP contribution in [-0.2, 0) is 16.1 Å². The lowest BCUT2D eigenvalue weighted by molar-refractivity contribution is 0.0324. The first-order chi connectivity index (χ1) is 15.0. The van der Waals surface area contributed by atoms with Crippen molar-refractivity contribution in [2.75, 3.05) is 7.11 Å². The van der Waals surface area contributed by atoms with Crippen molar-refractivity contribution >= 4 is 17.6 Å². The van der Waals surface area contributed by atoms with E-state index < -0.39 is 0 Å². The molecule has 162 valence electrons. The van der Waals surface area contributed by atoms with Gasteiger partial charge in [0, 0.05) is 5.02 Å². The predicted octanol–water partition coefficient (Wildman–Crippen LogP) is 7.55. The number of hydrogen-bond donors (Lipinski definition) is 0. The van der Waals surface area contributed by atoms with Crippen LogP contribution in [0.25, 0.3) is 11.1 Å². The molecule has 0 aromatic heterocycles. The van der Waals surface area contributed by atoms with Gasteiger partial charge in [-0.1, -0.05) is 73.8 Å². The lowest BCUT2D eigenvalue weighted by Crippen LogP contribution is -2.07. The Labute approximate surface area is 190 Å². The van der Waals surface area contributed by atoms with E-state index in [2.05, 4.69) is 13.0 Å². The molecule has 0 radical (unpaired) electrons. The summed E-state index contributed by atoms with van der Waals surface area (Å²) in [6.07, 6.45) is 3.08. The fraction of sp³-hybridized carbons (Fsp3) is 0.296. The summed E-state index contributed by atoms with van der Waals surface area (Å²) in [6, 6.07) is 21.7. The molecule has 3 nitrogen and oxygen atoms in total. The Balaban J connectivity index is 1.89. The molecule has 0 heterocycles. The third-order valence-electron chi connectivity index (χ3n) is 5.42. The van der Waals surface area contributed by atoms with Crippen LogP contribution in [0.5, 0.6) is 0 Å². The molecule has 4 heteroatoms. The minimum absolute atomic E-state index is 0.0270. The first-order valence-electron chi connectivity index (χ1n) is 10.7. The van der Waals surface area contributed by atoms with Gasteiger partial charge >= 0.3 is 5.97 Å². The van der Waals surface area contributed by atoms with E-state index in [0.29, 0.717) is 17.2 Å². The van der Waals surface area contributed by atoms with Gasteiger partial charge in [0.2, 0.25) is 0 Å². The highest BCUT2D eigenvalue weighted by Crippen LogP contribution is 2.31.